The molecule has 0 spiro atoms. The molecule has 8 heterocycles. The van der Waals surface area contributed by atoms with Crippen LogP contribution in [0.15, 0.2) is 190 Å². The highest BCUT2D eigenvalue weighted by Crippen LogP contribution is 2.37. The molecule has 9 rings (SSSR count). The van der Waals surface area contributed by atoms with E-state index >= 15 is 0 Å². The molecule has 6 aromatic rings. The van der Waals surface area contributed by atoms with Crippen molar-refractivity contribution >= 4 is 34.4 Å². The monoisotopic (exact) mass is 886 g/mol. The predicted octanol–water partition coefficient (Wildman–Crippen LogP) is 8.33. The molecule has 13 heteroatoms. The third-order valence-corrected chi connectivity index (χ3v) is 13.8. The van der Waals surface area contributed by atoms with Gasteiger partial charge in [0.15, 0.2) is 0 Å². The number of aliphatic hydroxyl groups excluding tert-OH is 1. The maximum absolute atomic E-state index is 13.6. The first-order valence-corrected chi connectivity index (χ1v) is 23.6. The molecular weight excluding hydrogens is 835 g/mol. The Morgan fingerprint density at radius 2 is 1.55 bits per heavy atom. The highest BCUT2D eigenvalue weighted by molar-refractivity contribution is 7.10. The molecule has 64 heavy (non-hydrogen) atoms. The van der Waals surface area contributed by atoms with Gasteiger partial charge in [0.2, 0.25) is 0 Å². The highest BCUT2D eigenvalue weighted by atomic mass is 32.1. The van der Waals surface area contributed by atoms with Gasteiger partial charge in [0.05, 0.1) is 42.2 Å². The molecule has 0 bridgehead atoms. The van der Waals surface area contributed by atoms with Crippen molar-refractivity contribution in [3.8, 4) is 0 Å². The van der Waals surface area contributed by atoms with Crippen molar-refractivity contribution in [2.24, 2.45) is 4.99 Å². The van der Waals surface area contributed by atoms with Gasteiger partial charge in [0.1, 0.15) is 5.82 Å². The normalized spacial score (nSPS) is 20.8. The van der Waals surface area contributed by atoms with Crippen molar-refractivity contribution in [1.29, 1.82) is 0 Å². The number of hydrogen-bond donors (Lipinski definition) is 4. The number of pyridine rings is 3. The molecule has 4 atom stereocenters. The minimum atomic E-state index is -0.841. The van der Waals surface area contributed by atoms with Crippen molar-refractivity contribution < 1.29 is 10.2 Å². The third-order valence-electron chi connectivity index (χ3n) is 11.8. The van der Waals surface area contributed by atoms with E-state index in [0.29, 0.717) is 39.1 Å². The van der Waals surface area contributed by atoms with E-state index in [1.807, 2.05) is 72.9 Å². The van der Waals surface area contributed by atoms with Crippen LogP contribution in [0.5, 0.6) is 0 Å². The molecule has 1 aliphatic carbocycles. The van der Waals surface area contributed by atoms with Crippen molar-refractivity contribution in [2.45, 2.75) is 69.5 Å². The molecule has 3 aliphatic rings. The van der Waals surface area contributed by atoms with Gasteiger partial charge >= 0.3 is 0 Å². The van der Waals surface area contributed by atoms with Crippen LogP contribution in [-0.2, 0) is 19.6 Å². The summed E-state index contributed by atoms with van der Waals surface area (Å²) in [5.41, 5.74) is 7.86. The second kappa shape index (κ2) is 20.9. The number of nitrogens with zero attached hydrogens (tertiary/aromatic N) is 6. The molecule has 326 valence electrons. The van der Waals surface area contributed by atoms with E-state index in [9.17, 15) is 10.2 Å². The Bertz CT molecular complexity index is 2590. The molecule has 1 saturated heterocycles. The lowest BCUT2D eigenvalue weighted by Crippen LogP contribution is -2.46. The minimum absolute atomic E-state index is 0.215. The van der Waals surface area contributed by atoms with Crippen LogP contribution in [-0.4, -0.2) is 61.1 Å². The molecule has 0 aromatic carbocycles. The van der Waals surface area contributed by atoms with Crippen LogP contribution in [0.2, 0.25) is 0 Å². The van der Waals surface area contributed by atoms with Crippen LogP contribution in [0.1, 0.15) is 64.6 Å². The summed E-state index contributed by atoms with van der Waals surface area (Å²) in [6.07, 6.45) is 19.8. The van der Waals surface area contributed by atoms with E-state index in [0.717, 1.165) is 70.3 Å². The first-order valence-electron chi connectivity index (χ1n) is 21.9. The molecule has 0 radical (unpaired) electrons. The number of thiophene rings is 2. The maximum atomic E-state index is 13.6. The Kier molecular flexibility index (Phi) is 14.0. The van der Waals surface area contributed by atoms with Crippen LogP contribution in [0.4, 0.5) is 5.82 Å². The summed E-state index contributed by atoms with van der Waals surface area (Å²) < 4.78 is 0. The van der Waals surface area contributed by atoms with Gasteiger partial charge in [-0.2, -0.15) is 0 Å². The fourth-order valence-corrected chi connectivity index (χ4v) is 10.2. The molecule has 4 unspecified atom stereocenters. The minimum Gasteiger partial charge on any atom is -0.859 e. The topological polar surface area (TPSA) is 141 Å². The summed E-state index contributed by atoms with van der Waals surface area (Å²) in [5, 5.41) is 37.8. The Morgan fingerprint density at radius 3 is 2.23 bits per heavy atom. The Balaban J connectivity index is 0.979. The number of H-pyrrole nitrogens is 1. The van der Waals surface area contributed by atoms with E-state index in [2.05, 4.69) is 99.7 Å². The number of aromatic nitrogens is 4. The van der Waals surface area contributed by atoms with Crippen LogP contribution in [0.25, 0.3) is 0 Å². The SMILES string of the molecule is [O-]C(/C=C/C(C1=CCC(c2cccs2)N1)=C1\CCC(c2cccs2)N1)=NCCC1=CC(N(Cc2ccccn2)Cc2ccc[nH]2)C(O)C(CN(Cc2ccccn2)c2ccccn2)=C1. The Morgan fingerprint density at radius 1 is 0.797 bits per heavy atom. The number of rotatable bonds is 18. The molecular formula is C51H52N9O2S2-. The lowest BCUT2D eigenvalue weighted by atomic mass is 9.89. The van der Waals surface area contributed by atoms with Crippen LogP contribution in [0, 0.1) is 0 Å². The summed E-state index contributed by atoms with van der Waals surface area (Å²) in [5.74, 6) is 0.504. The number of nitrogens with one attached hydrogen (secondary N) is 3. The second-order valence-electron chi connectivity index (χ2n) is 16.2. The van der Waals surface area contributed by atoms with Gasteiger partial charge in [-0.15, -0.1) is 22.7 Å². The quantitative estimate of drug-likeness (QED) is 0.0496. The number of aliphatic hydroxyl groups is 1. The van der Waals surface area contributed by atoms with Crippen LogP contribution < -0.4 is 20.6 Å². The van der Waals surface area contributed by atoms with Crippen LogP contribution >= 0.6 is 22.7 Å². The van der Waals surface area contributed by atoms with Gasteiger partial charge in [0.25, 0.3) is 0 Å². The fourth-order valence-electron chi connectivity index (χ4n) is 8.64. The van der Waals surface area contributed by atoms with E-state index in [4.69, 9.17) is 4.98 Å². The van der Waals surface area contributed by atoms with Gasteiger partial charge in [0, 0.05) is 83.4 Å². The zero-order valence-corrected chi connectivity index (χ0v) is 37.2. The number of aliphatic imine (C=N–C) groups is 1. The standard InChI is InChI=1S/C51H53N9O2S2/c61-50(21-16-41(42-17-19-44(57-42)47-13-8-28-63-47)43-18-20-45(58-43)48-14-9-29-64-48)56-27-22-36-30-37(32-60(49-15-3-6-25-55-49)35-39-11-2-5-24-53-39)51(62)46(31-36)59(34-40-12-7-26-54-40)33-38-10-1-4-23-52-38/h1-17,21,23-26,28-31,44-46,51,54,57-58,62H,18-20,22,27,32-35H2,(H,56,61)/p-1/b21-16+,43-41-. The number of aromatic amines is 1. The zero-order valence-electron chi connectivity index (χ0n) is 35.5. The summed E-state index contributed by atoms with van der Waals surface area (Å²) in [7, 11) is 0. The average molecular weight is 887 g/mol. The van der Waals surface area contributed by atoms with Crippen molar-refractivity contribution in [3.63, 3.8) is 0 Å². The van der Waals surface area contributed by atoms with Crippen molar-refractivity contribution in [3.05, 3.63) is 212 Å². The van der Waals surface area contributed by atoms with Gasteiger partial charge in [-0.05, 0) is 114 Å². The van der Waals surface area contributed by atoms with E-state index < -0.39 is 12.1 Å². The first-order chi connectivity index (χ1) is 31.5. The number of anilines is 1. The van der Waals surface area contributed by atoms with Crippen LogP contribution in [0.3, 0.4) is 0 Å². The smallest absolute Gasteiger partial charge is 0.129 e. The van der Waals surface area contributed by atoms with Gasteiger partial charge in [-0.3, -0.25) is 14.9 Å². The Hall–Kier alpha value is -6.38. The average Bonchev–Trinajstić information content (AvgIpc) is 4.19. The van der Waals surface area contributed by atoms with Gasteiger partial charge in [-0.25, -0.2) is 4.98 Å². The summed E-state index contributed by atoms with van der Waals surface area (Å²) >= 11 is 3.53. The Labute approximate surface area is 382 Å². The fraction of sp³-hybridized carbons (Fsp3) is 0.255. The first kappa shape index (κ1) is 42.9. The predicted molar refractivity (Wildman–Crippen MR) is 255 cm³/mol. The highest BCUT2D eigenvalue weighted by Gasteiger charge is 2.33. The molecule has 0 saturated carbocycles. The number of hydrogen-bond acceptors (Lipinski definition) is 12. The van der Waals surface area contributed by atoms with Crippen molar-refractivity contribution in [2.75, 3.05) is 18.0 Å². The van der Waals surface area contributed by atoms with E-state index in [1.165, 1.54) is 9.75 Å². The zero-order chi connectivity index (χ0) is 43.5. The molecule has 2 aliphatic heterocycles. The number of allylic oxidation sites excluding steroid dienone is 3. The second-order valence-corrected chi connectivity index (χ2v) is 18.2. The summed E-state index contributed by atoms with van der Waals surface area (Å²) in [6.45, 7) is 2.30. The molecule has 1 fully saturated rings. The molecule has 0 amide bonds. The maximum Gasteiger partial charge on any atom is 0.129 e. The third kappa shape index (κ3) is 10.9. The van der Waals surface area contributed by atoms with Gasteiger partial charge < -0.3 is 35.7 Å². The van der Waals surface area contributed by atoms with Gasteiger partial charge in [-0.1, -0.05) is 60.7 Å². The lowest BCUT2D eigenvalue weighted by Gasteiger charge is -2.38. The summed E-state index contributed by atoms with van der Waals surface area (Å²) in [4.78, 5) is 28.9. The van der Waals surface area contributed by atoms with E-state index in [-0.39, 0.29) is 18.0 Å². The van der Waals surface area contributed by atoms with E-state index in [1.54, 1.807) is 47.3 Å². The molecule has 11 nitrogen and oxygen atoms in total. The molecule has 6 aromatic heterocycles. The summed E-state index contributed by atoms with van der Waals surface area (Å²) in [6, 6.07) is 30.3. The largest absolute Gasteiger partial charge is 0.859 e. The van der Waals surface area contributed by atoms with Crippen molar-refractivity contribution in [1.82, 2.24) is 35.5 Å². The molecule has 4 N–H and O–H groups in total. The lowest BCUT2D eigenvalue weighted by molar-refractivity contribution is -0.212.